The molecule has 0 unspecified atom stereocenters. The minimum atomic E-state index is -0.337. The van der Waals surface area contributed by atoms with Gasteiger partial charge < -0.3 is 16.0 Å². The van der Waals surface area contributed by atoms with E-state index in [-0.39, 0.29) is 18.0 Å². The Morgan fingerprint density at radius 2 is 2.24 bits per heavy atom. The van der Waals surface area contributed by atoms with Crippen LogP contribution in [0.4, 0.5) is 4.79 Å². The summed E-state index contributed by atoms with van der Waals surface area (Å²) in [4.78, 5) is 32.1. The molecule has 2 aromatic heterocycles. The average molecular weight is 341 g/mol. The van der Waals surface area contributed by atoms with Gasteiger partial charge in [0, 0.05) is 36.6 Å². The van der Waals surface area contributed by atoms with Gasteiger partial charge in [-0.1, -0.05) is 0 Å². The van der Waals surface area contributed by atoms with E-state index in [0.717, 1.165) is 5.56 Å². The maximum absolute atomic E-state index is 12.3. The fourth-order valence-electron chi connectivity index (χ4n) is 2.66. The molecule has 1 aliphatic heterocycles. The lowest BCUT2D eigenvalue weighted by atomic mass is 10.0. The van der Waals surface area contributed by atoms with E-state index in [4.69, 9.17) is 0 Å². The molecule has 9 nitrogen and oxygen atoms in total. The highest BCUT2D eigenvalue weighted by Gasteiger charge is 2.26. The molecule has 0 radical (unpaired) electrons. The number of nitrogens with one attached hydrogen (secondary N) is 4. The Morgan fingerprint density at radius 3 is 2.96 bits per heavy atom. The van der Waals surface area contributed by atoms with Crippen molar-refractivity contribution < 1.29 is 9.59 Å². The van der Waals surface area contributed by atoms with Crippen LogP contribution in [0.15, 0.2) is 35.8 Å². The highest BCUT2D eigenvalue weighted by Crippen LogP contribution is 2.13. The molecule has 25 heavy (non-hydrogen) atoms. The molecule has 9 heteroatoms. The second kappa shape index (κ2) is 7.12. The number of urea groups is 1. The van der Waals surface area contributed by atoms with E-state index < -0.39 is 0 Å². The summed E-state index contributed by atoms with van der Waals surface area (Å²) in [6, 6.07) is 3.06. The van der Waals surface area contributed by atoms with Gasteiger partial charge in [0.2, 0.25) is 0 Å². The highest BCUT2D eigenvalue weighted by molar-refractivity contribution is 5.98. The Bertz CT molecular complexity index is 813. The molecule has 3 amide bonds. The number of nitrogens with zero attached hydrogens (tertiary/aromatic N) is 3. The Kier molecular flexibility index (Phi) is 4.73. The second-order valence-electron chi connectivity index (χ2n) is 5.71. The molecule has 4 N–H and O–H groups in total. The van der Waals surface area contributed by atoms with E-state index in [1.165, 1.54) is 0 Å². The molecule has 0 bridgehead atoms. The first-order valence-corrected chi connectivity index (χ1v) is 7.92. The average Bonchev–Trinajstić information content (AvgIpc) is 3.03. The first-order valence-electron chi connectivity index (χ1n) is 7.92. The SMILES string of the molecule is CC1=C(C(=O)NCCc2nc(-c3cccnc3)n[nH]2)[C@@H](C)NC(=O)N1. The Balaban J connectivity index is 1.57. The van der Waals surface area contributed by atoms with Gasteiger partial charge >= 0.3 is 6.03 Å². The molecule has 1 atom stereocenters. The summed E-state index contributed by atoms with van der Waals surface area (Å²) in [5.41, 5.74) is 1.91. The first kappa shape index (κ1) is 16.6. The summed E-state index contributed by atoms with van der Waals surface area (Å²) in [5.74, 6) is 1.03. The quantitative estimate of drug-likeness (QED) is 0.630. The maximum Gasteiger partial charge on any atom is 0.319 e. The molecule has 2 aromatic rings. The minimum Gasteiger partial charge on any atom is -0.352 e. The Hall–Kier alpha value is -3.23. The molecule has 0 saturated heterocycles. The van der Waals surface area contributed by atoms with E-state index >= 15 is 0 Å². The normalized spacial score (nSPS) is 17.0. The fraction of sp³-hybridized carbons (Fsp3) is 0.312. The first-order chi connectivity index (χ1) is 12.0. The van der Waals surface area contributed by atoms with Crippen LogP contribution < -0.4 is 16.0 Å². The van der Waals surface area contributed by atoms with Crippen molar-refractivity contribution in [3.05, 3.63) is 41.6 Å². The van der Waals surface area contributed by atoms with Crippen LogP contribution in [0, 0.1) is 0 Å². The number of aromatic amines is 1. The van der Waals surface area contributed by atoms with Crippen LogP contribution in [-0.2, 0) is 11.2 Å². The number of hydrogen-bond acceptors (Lipinski definition) is 5. The lowest BCUT2D eigenvalue weighted by Crippen LogP contribution is -2.50. The smallest absolute Gasteiger partial charge is 0.319 e. The van der Waals surface area contributed by atoms with Crippen molar-refractivity contribution in [2.45, 2.75) is 26.3 Å². The number of allylic oxidation sites excluding steroid dienone is 1. The van der Waals surface area contributed by atoms with Crippen LogP contribution in [0.2, 0.25) is 0 Å². The molecule has 0 spiro atoms. The summed E-state index contributed by atoms with van der Waals surface area (Å²) in [6.07, 6.45) is 3.89. The Morgan fingerprint density at radius 1 is 1.40 bits per heavy atom. The number of pyridine rings is 1. The number of hydrogen-bond donors (Lipinski definition) is 4. The van der Waals surface area contributed by atoms with Crippen LogP contribution in [0.25, 0.3) is 11.4 Å². The summed E-state index contributed by atoms with van der Waals surface area (Å²) in [6.45, 7) is 3.88. The lowest BCUT2D eigenvalue weighted by molar-refractivity contribution is -0.117. The van der Waals surface area contributed by atoms with Crippen molar-refractivity contribution in [2.24, 2.45) is 0 Å². The molecule has 0 aliphatic carbocycles. The van der Waals surface area contributed by atoms with Crippen LogP contribution in [0.1, 0.15) is 19.7 Å². The van der Waals surface area contributed by atoms with Gasteiger partial charge in [-0.25, -0.2) is 9.78 Å². The third kappa shape index (κ3) is 3.82. The van der Waals surface area contributed by atoms with Gasteiger partial charge in [0.25, 0.3) is 5.91 Å². The molecule has 1 aliphatic rings. The van der Waals surface area contributed by atoms with Gasteiger partial charge in [-0.2, -0.15) is 5.10 Å². The monoisotopic (exact) mass is 341 g/mol. The van der Waals surface area contributed by atoms with Crippen LogP contribution in [0.5, 0.6) is 0 Å². The van der Waals surface area contributed by atoms with Crippen molar-refractivity contribution in [1.82, 2.24) is 36.1 Å². The maximum atomic E-state index is 12.3. The second-order valence-corrected chi connectivity index (χ2v) is 5.71. The number of H-pyrrole nitrogens is 1. The molecule has 0 fully saturated rings. The Labute approximate surface area is 144 Å². The molecular formula is C16H19N7O2. The molecular weight excluding hydrogens is 322 g/mol. The van der Waals surface area contributed by atoms with Gasteiger partial charge in [0.1, 0.15) is 5.82 Å². The molecule has 3 rings (SSSR count). The highest BCUT2D eigenvalue weighted by atomic mass is 16.2. The number of aromatic nitrogens is 4. The van der Waals surface area contributed by atoms with Crippen LogP contribution in [0.3, 0.4) is 0 Å². The van der Waals surface area contributed by atoms with Gasteiger partial charge in [-0.15, -0.1) is 0 Å². The van der Waals surface area contributed by atoms with Gasteiger partial charge in [0.05, 0.1) is 11.6 Å². The number of rotatable bonds is 5. The van der Waals surface area contributed by atoms with Crippen molar-refractivity contribution in [2.75, 3.05) is 6.54 Å². The minimum absolute atomic E-state index is 0.218. The van der Waals surface area contributed by atoms with Crippen molar-refractivity contribution in [3.8, 4) is 11.4 Å². The topological polar surface area (TPSA) is 125 Å². The van der Waals surface area contributed by atoms with Crippen molar-refractivity contribution in [3.63, 3.8) is 0 Å². The zero-order chi connectivity index (χ0) is 17.8. The van der Waals surface area contributed by atoms with E-state index in [1.807, 2.05) is 12.1 Å². The number of carbonyl (C=O) groups is 2. The third-order valence-corrected chi connectivity index (χ3v) is 3.83. The predicted molar refractivity (Wildman–Crippen MR) is 90.2 cm³/mol. The standard InChI is InChI=1S/C16H19N7O2/c1-9-13(10(2)20-16(25)19-9)15(24)18-7-5-12-21-14(23-22-12)11-4-3-6-17-8-11/h3-4,6,8-9H,5,7H2,1-2H3,(H,18,24)(H2,19,20,25)(H,21,22,23)/t9-/m1/s1. The van der Waals surface area contributed by atoms with E-state index in [0.29, 0.717) is 35.9 Å². The zero-order valence-electron chi connectivity index (χ0n) is 14.0. The van der Waals surface area contributed by atoms with Gasteiger partial charge in [0.15, 0.2) is 5.82 Å². The summed E-state index contributed by atoms with van der Waals surface area (Å²) in [7, 11) is 0. The van der Waals surface area contributed by atoms with E-state index in [2.05, 4.69) is 36.1 Å². The molecule has 3 heterocycles. The van der Waals surface area contributed by atoms with Gasteiger partial charge in [-0.05, 0) is 26.0 Å². The fourth-order valence-corrected chi connectivity index (χ4v) is 2.66. The van der Waals surface area contributed by atoms with Gasteiger partial charge in [-0.3, -0.25) is 14.9 Å². The molecule has 0 aromatic carbocycles. The predicted octanol–water partition coefficient (Wildman–Crippen LogP) is 0.501. The van der Waals surface area contributed by atoms with Crippen molar-refractivity contribution in [1.29, 1.82) is 0 Å². The molecule has 130 valence electrons. The number of carbonyl (C=O) groups excluding carboxylic acids is 2. The summed E-state index contributed by atoms with van der Waals surface area (Å²) < 4.78 is 0. The molecule has 0 saturated carbocycles. The lowest BCUT2D eigenvalue weighted by Gasteiger charge is -2.25. The zero-order valence-corrected chi connectivity index (χ0v) is 14.0. The van der Waals surface area contributed by atoms with E-state index in [1.54, 1.807) is 26.2 Å². The largest absolute Gasteiger partial charge is 0.352 e. The van der Waals surface area contributed by atoms with E-state index in [9.17, 15) is 9.59 Å². The van der Waals surface area contributed by atoms with Crippen LogP contribution in [-0.4, -0.2) is 44.7 Å². The summed E-state index contributed by atoms with van der Waals surface area (Å²) in [5, 5.41) is 15.1. The van der Waals surface area contributed by atoms with Crippen molar-refractivity contribution >= 4 is 11.9 Å². The van der Waals surface area contributed by atoms with Crippen LogP contribution >= 0.6 is 0 Å². The summed E-state index contributed by atoms with van der Waals surface area (Å²) >= 11 is 0. The number of amides is 3. The third-order valence-electron chi connectivity index (χ3n) is 3.83.